The molecule has 0 aromatic carbocycles. The van der Waals surface area contributed by atoms with Crippen LogP contribution in [0.5, 0.6) is 0 Å². The molecule has 0 saturated carbocycles. The van der Waals surface area contributed by atoms with Gasteiger partial charge < -0.3 is 9.80 Å². The molecule has 2 aliphatic rings. The van der Waals surface area contributed by atoms with Gasteiger partial charge >= 0.3 is 0 Å². The van der Waals surface area contributed by atoms with Gasteiger partial charge in [0.25, 0.3) is 0 Å². The van der Waals surface area contributed by atoms with Crippen LogP contribution in [0.1, 0.15) is 41.0 Å². The van der Waals surface area contributed by atoms with E-state index in [4.69, 9.17) is 0 Å². The highest BCUT2D eigenvalue weighted by Gasteiger charge is 2.34. The Morgan fingerprint density at radius 1 is 0.941 bits per heavy atom. The van der Waals surface area contributed by atoms with Gasteiger partial charge in [0.15, 0.2) is 0 Å². The van der Waals surface area contributed by atoms with Crippen LogP contribution in [0, 0.1) is 11.8 Å². The fraction of sp³-hybridized carbons (Fsp3) is 1.00. The summed E-state index contributed by atoms with van der Waals surface area (Å²) >= 11 is 0. The number of hydrogen-bond donors (Lipinski definition) is 0. The van der Waals surface area contributed by atoms with Gasteiger partial charge in [0.05, 0.1) is 0 Å². The lowest BCUT2D eigenvalue weighted by Gasteiger charge is -2.31. The smallest absolute Gasteiger partial charge is 0.00250 e. The second kappa shape index (κ2) is 11.4. The molecule has 0 amide bonds. The van der Waals surface area contributed by atoms with Crippen molar-refractivity contribution < 1.29 is 0 Å². The molecule has 2 saturated heterocycles. The third-order valence-electron chi connectivity index (χ3n) is 3.53. The normalized spacial score (nSPS) is 27.9. The molecule has 0 aromatic rings. The lowest BCUT2D eigenvalue weighted by atomic mass is 9.89. The van der Waals surface area contributed by atoms with Gasteiger partial charge in [0.1, 0.15) is 0 Å². The van der Waals surface area contributed by atoms with Crippen LogP contribution in [0.4, 0.5) is 0 Å². The monoisotopic (exact) mass is 262 g/mol. The van der Waals surface area contributed by atoms with Crippen LogP contribution in [-0.2, 0) is 0 Å². The lowest BCUT2D eigenvalue weighted by Crippen LogP contribution is -2.37. The third-order valence-corrected chi connectivity index (χ3v) is 3.53. The van der Waals surface area contributed by atoms with Gasteiger partial charge in [-0.25, -0.2) is 0 Å². The van der Waals surface area contributed by atoms with E-state index >= 15 is 0 Å². The van der Waals surface area contributed by atoms with Gasteiger partial charge in [-0.05, 0) is 38.4 Å². The molecule has 106 valence electrons. The zero-order valence-corrected chi connectivity index (χ0v) is 14.4. The van der Waals surface area contributed by atoms with Gasteiger partial charge in [-0.1, -0.05) is 34.6 Å². The van der Waals surface area contributed by atoms with Crippen molar-refractivity contribution in [2.24, 2.45) is 11.8 Å². The van der Waals surface area contributed by atoms with Gasteiger partial charge in [-0.15, -0.1) is 0 Å². The summed E-state index contributed by atoms with van der Waals surface area (Å²) in [5.74, 6) is 1.99. The molecule has 2 fully saturated rings. The van der Waals surface area contributed by atoms with Crippen LogP contribution >= 0.6 is 9.90 Å². The van der Waals surface area contributed by atoms with E-state index in [0.717, 1.165) is 11.8 Å². The number of nitrogens with zero attached hydrogens (tertiary/aromatic N) is 2. The average molecular weight is 262 g/mol. The molecule has 17 heavy (non-hydrogen) atoms. The van der Waals surface area contributed by atoms with Crippen molar-refractivity contribution in [2.45, 2.75) is 41.0 Å². The van der Waals surface area contributed by atoms with Crippen molar-refractivity contribution in [1.82, 2.24) is 9.80 Å². The predicted octanol–water partition coefficient (Wildman–Crippen LogP) is 3.00. The molecule has 0 radical (unpaired) electrons. The Balaban J connectivity index is 0. The fourth-order valence-electron chi connectivity index (χ4n) is 2.71. The number of rotatable bonds is 1. The highest BCUT2D eigenvalue weighted by molar-refractivity contribution is 6.92. The van der Waals surface area contributed by atoms with Crippen molar-refractivity contribution in [3.63, 3.8) is 0 Å². The van der Waals surface area contributed by atoms with Crippen molar-refractivity contribution in [2.75, 3.05) is 39.8 Å². The number of likely N-dealkylation sites (tertiary alicyclic amines) is 2. The Labute approximate surface area is 113 Å². The van der Waals surface area contributed by atoms with Gasteiger partial charge in [-0.2, -0.15) is 9.90 Å². The van der Waals surface area contributed by atoms with Crippen LogP contribution in [-0.4, -0.2) is 49.6 Å². The SMILES string of the molecule is CC.CC.CCN1CC2CCN(C)CC2C1.P. The molecule has 2 aliphatic heterocycles. The number of piperidine rings is 1. The quantitative estimate of drug-likeness (QED) is 0.670. The molecule has 3 heteroatoms. The van der Waals surface area contributed by atoms with E-state index in [0.29, 0.717) is 0 Å². The average Bonchev–Trinajstić information content (AvgIpc) is 2.76. The topological polar surface area (TPSA) is 6.48 Å². The molecule has 0 aliphatic carbocycles. The van der Waals surface area contributed by atoms with Crippen molar-refractivity contribution in [3.05, 3.63) is 0 Å². The van der Waals surface area contributed by atoms with E-state index < -0.39 is 0 Å². The first kappa shape index (κ1) is 19.7. The van der Waals surface area contributed by atoms with Crippen LogP contribution in [0.15, 0.2) is 0 Å². The molecule has 2 nitrogen and oxygen atoms in total. The molecule has 2 rings (SSSR count). The van der Waals surface area contributed by atoms with E-state index in [2.05, 4.69) is 23.8 Å². The van der Waals surface area contributed by atoms with Crippen LogP contribution in [0.25, 0.3) is 0 Å². The first-order valence-corrected chi connectivity index (χ1v) is 7.20. The highest BCUT2D eigenvalue weighted by atomic mass is 31.0. The van der Waals surface area contributed by atoms with E-state index in [1.165, 1.54) is 39.1 Å². The minimum absolute atomic E-state index is 0. The van der Waals surface area contributed by atoms with Crippen molar-refractivity contribution in [3.8, 4) is 0 Å². The van der Waals surface area contributed by atoms with Crippen LogP contribution in [0.2, 0.25) is 0 Å². The molecular formula is C14H35N2P. The standard InChI is InChI=1S/C10H20N2.2C2H6.H3P/c1-3-12-7-9-4-5-11(2)6-10(9)8-12;2*1-2;/h9-10H,3-8H2,1-2H3;2*1-2H3;1H3. The Kier molecular flexibility index (Phi) is 13.2. The highest BCUT2D eigenvalue weighted by Crippen LogP contribution is 2.29. The van der Waals surface area contributed by atoms with Gasteiger partial charge in [0, 0.05) is 19.6 Å². The molecule has 0 spiro atoms. The largest absolute Gasteiger partial charge is 0.306 e. The Morgan fingerprint density at radius 2 is 1.47 bits per heavy atom. The minimum atomic E-state index is 0. The second-order valence-electron chi connectivity index (χ2n) is 4.42. The number of fused-ring (bicyclic) bond motifs is 1. The molecule has 3 atom stereocenters. The fourth-order valence-corrected chi connectivity index (χ4v) is 2.71. The molecular weight excluding hydrogens is 227 g/mol. The second-order valence-corrected chi connectivity index (χ2v) is 4.42. The molecule has 0 aromatic heterocycles. The number of hydrogen-bond acceptors (Lipinski definition) is 2. The summed E-state index contributed by atoms with van der Waals surface area (Å²) in [5, 5.41) is 0. The Morgan fingerprint density at radius 3 is 2.00 bits per heavy atom. The maximum atomic E-state index is 2.61. The van der Waals surface area contributed by atoms with Crippen molar-refractivity contribution >= 4 is 9.90 Å². The lowest BCUT2D eigenvalue weighted by molar-refractivity contribution is 0.178. The summed E-state index contributed by atoms with van der Waals surface area (Å²) in [7, 11) is 2.25. The Hall–Kier alpha value is 0.350. The summed E-state index contributed by atoms with van der Waals surface area (Å²) in [6, 6.07) is 0. The van der Waals surface area contributed by atoms with E-state index in [1.807, 2.05) is 27.7 Å². The Bertz CT molecular complexity index is 164. The molecule has 2 heterocycles. The zero-order valence-electron chi connectivity index (χ0n) is 13.0. The predicted molar refractivity (Wildman–Crippen MR) is 85.0 cm³/mol. The van der Waals surface area contributed by atoms with E-state index in [1.54, 1.807) is 0 Å². The maximum Gasteiger partial charge on any atom is 0.00250 e. The first-order valence-electron chi connectivity index (χ1n) is 7.20. The maximum absolute atomic E-state index is 2.61. The van der Waals surface area contributed by atoms with E-state index in [-0.39, 0.29) is 9.90 Å². The summed E-state index contributed by atoms with van der Waals surface area (Å²) in [5.41, 5.74) is 0. The van der Waals surface area contributed by atoms with Crippen LogP contribution in [0.3, 0.4) is 0 Å². The minimum Gasteiger partial charge on any atom is -0.306 e. The third kappa shape index (κ3) is 6.18. The van der Waals surface area contributed by atoms with Gasteiger partial charge in [-0.3, -0.25) is 0 Å². The van der Waals surface area contributed by atoms with Gasteiger partial charge in [0.2, 0.25) is 0 Å². The molecule has 0 bridgehead atoms. The summed E-state index contributed by atoms with van der Waals surface area (Å²) in [6.45, 7) is 16.9. The van der Waals surface area contributed by atoms with Crippen LogP contribution < -0.4 is 0 Å². The first-order chi connectivity index (χ1) is 7.79. The summed E-state index contributed by atoms with van der Waals surface area (Å²) in [4.78, 5) is 5.09. The summed E-state index contributed by atoms with van der Waals surface area (Å²) < 4.78 is 0. The summed E-state index contributed by atoms with van der Waals surface area (Å²) in [6.07, 6.45) is 1.43. The zero-order chi connectivity index (χ0) is 12.6. The molecule has 3 unspecified atom stereocenters. The molecule has 0 N–H and O–H groups in total. The van der Waals surface area contributed by atoms with Crippen molar-refractivity contribution in [1.29, 1.82) is 0 Å². The van der Waals surface area contributed by atoms with E-state index in [9.17, 15) is 0 Å².